The van der Waals surface area contributed by atoms with E-state index in [1.807, 2.05) is 27.0 Å². The fourth-order valence-corrected chi connectivity index (χ4v) is 2.20. The van der Waals surface area contributed by atoms with Crippen LogP contribution in [-0.4, -0.2) is 43.4 Å². The molecule has 0 aliphatic rings. The molecule has 0 spiro atoms. The van der Waals surface area contributed by atoms with Crippen molar-refractivity contribution in [3.05, 3.63) is 35.4 Å². The Morgan fingerprint density at radius 1 is 1.21 bits per heavy atom. The minimum Gasteiger partial charge on any atom is -0.357 e. The highest BCUT2D eigenvalue weighted by molar-refractivity contribution is 14.0. The van der Waals surface area contributed by atoms with Gasteiger partial charge in [-0.25, -0.2) is 0 Å². The van der Waals surface area contributed by atoms with Crippen LogP contribution in [-0.2, 0) is 11.3 Å². The van der Waals surface area contributed by atoms with Crippen molar-refractivity contribution < 1.29 is 4.79 Å². The van der Waals surface area contributed by atoms with Crippen molar-refractivity contribution in [2.45, 2.75) is 40.2 Å². The maximum Gasteiger partial charge on any atom is 0.221 e. The Bertz CT molecular complexity index is 519. The highest BCUT2D eigenvalue weighted by Crippen LogP contribution is 2.09. The van der Waals surface area contributed by atoms with Gasteiger partial charge in [-0.1, -0.05) is 31.2 Å². The first-order valence-corrected chi connectivity index (χ1v) is 8.39. The summed E-state index contributed by atoms with van der Waals surface area (Å²) in [5.41, 5.74) is 2.55. The molecule has 1 rings (SSSR count). The van der Waals surface area contributed by atoms with Crippen molar-refractivity contribution in [1.29, 1.82) is 0 Å². The molecule has 0 atom stereocenters. The first-order valence-electron chi connectivity index (χ1n) is 8.39. The molecule has 0 fully saturated rings. The van der Waals surface area contributed by atoms with E-state index in [9.17, 15) is 4.79 Å². The average molecular weight is 446 g/mol. The second-order valence-electron chi connectivity index (χ2n) is 5.62. The maximum absolute atomic E-state index is 11.6. The standard InChI is InChI=1S/C18H30N4O.HI/c1-5-12-20-17(23)11-13-21-18(19-6-2)22(4)14-16-10-8-7-9-15(16)3;/h7-10H,5-6,11-14H2,1-4H3,(H,19,21)(H,20,23);1H. The Morgan fingerprint density at radius 2 is 1.92 bits per heavy atom. The summed E-state index contributed by atoms with van der Waals surface area (Å²) in [4.78, 5) is 18.3. The van der Waals surface area contributed by atoms with Crippen LogP contribution in [0.5, 0.6) is 0 Å². The molecule has 6 heteroatoms. The Labute approximate surface area is 163 Å². The molecule has 24 heavy (non-hydrogen) atoms. The van der Waals surface area contributed by atoms with Gasteiger partial charge in [0.2, 0.25) is 5.91 Å². The number of halogens is 1. The molecule has 0 aliphatic carbocycles. The van der Waals surface area contributed by atoms with Crippen molar-refractivity contribution in [3.63, 3.8) is 0 Å². The van der Waals surface area contributed by atoms with E-state index in [1.54, 1.807) is 0 Å². The van der Waals surface area contributed by atoms with E-state index in [1.165, 1.54) is 11.1 Å². The highest BCUT2D eigenvalue weighted by atomic mass is 127. The van der Waals surface area contributed by atoms with Crippen LogP contribution in [0.15, 0.2) is 29.3 Å². The molecule has 2 N–H and O–H groups in total. The molecule has 0 saturated heterocycles. The topological polar surface area (TPSA) is 56.7 Å². The van der Waals surface area contributed by atoms with Crippen LogP contribution in [0.25, 0.3) is 0 Å². The van der Waals surface area contributed by atoms with Gasteiger partial charge in [-0.2, -0.15) is 0 Å². The minimum absolute atomic E-state index is 0. The van der Waals surface area contributed by atoms with E-state index in [0.717, 1.165) is 32.0 Å². The van der Waals surface area contributed by atoms with Gasteiger partial charge in [0, 0.05) is 33.1 Å². The molecule has 0 aliphatic heterocycles. The van der Waals surface area contributed by atoms with Crippen molar-refractivity contribution in [2.24, 2.45) is 4.99 Å². The van der Waals surface area contributed by atoms with E-state index >= 15 is 0 Å². The van der Waals surface area contributed by atoms with Gasteiger partial charge in [0.1, 0.15) is 0 Å². The highest BCUT2D eigenvalue weighted by Gasteiger charge is 2.08. The predicted molar refractivity (Wildman–Crippen MR) is 112 cm³/mol. The van der Waals surface area contributed by atoms with Gasteiger partial charge in [-0.3, -0.25) is 9.79 Å². The van der Waals surface area contributed by atoms with Crippen LogP contribution in [0.2, 0.25) is 0 Å². The smallest absolute Gasteiger partial charge is 0.221 e. The second kappa shape index (κ2) is 13.0. The summed E-state index contributed by atoms with van der Waals surface area (Å²) < 4.78 is 0. The molecule has 136 valence electrons. The van der Waals surface area contributed by atoms with Crippen LogP contribution in [0.1, 0.15) is 37.8 Å². The largest absolute Gasteiger partial charge is 0.357 e. The van der Waals surface area contributed by atoms with Crippen molar-refractivity contribution in [3.8, 4) is 0 Å². The molecule has 1 aromatic rings. The Balaban J connectivity index is 0.00000529. The van der Waals surface area contributed by atoms with Crippen LogP contribution in [0, 0.1) is 6.92 Å². The van der Waals surface area contributed by atoms with Gasteiger partial charge >= 0.3 is 0 Å². The summed E-state index contributed by atoms with van der Waals surface area (Å²) in [7, 11) is 2.02. The summed E-state index contributed by atoms with van der Waals surface area (Å²) in [6.45, 7) is 9.03. The van der Waals surface area contributed by atoms with Crippen LogP contribution < -0.4 is 10.6 Å². The van der Waals surface area contributed by atoms with E-state index < -0.39 is 0 Å². The zero-order valence-electron chi connectivity index (χ0n) is 15.3. The van der Waals surface area contributed by atoms with Crippen molar-refractivity contribution in [1.82, 2.24) is 15.5 Å². The number of hydrogen-bond acceptors (Lipinski definition) is 2. The maximum atomic E-state index is 11.6. The average Bonchev–Trinajstić information content (AvgIpc) is 2.54. The number of benzene rings is 1. The third-order valence-electron chi connectivity index (χ3n) is 3.54. The molecule has 0 unspecified atom stereocenters. The number of carbonyl (C=O) groups excluding carboxylic acids is 1. The van der Waals surface area contributed by atoms with Gasteiger partial charge in [0.05, 0.1) is 6.54 Å². The minimum atomic E-state index is 0. The lowest BCUT2D eigenvalue weighted by atomic mass is 10.1. The Hall–Kier alpha value is -1.31. The first kappa shape index (κ1) is 22.7. The number of nitrogens with zero attached hydrogens (tertiary/aromatic N) is 2. The number of nitrogens with one attached hydrogen (secondary N) is 2. The van der Waals surface area contributed by atoms with Gasteiger partial charge in [-0.15, -0.1) is 24.0 Å². The number of guanidine groups is 1. The van der Waals surface area contributed by atoms with Crippen molar-refractivity contribution in [2.75, 3.05) is 26.7 Å². The molecule has 1 amide bonds. The monoisotopic (exact) mass is 446 g/mol. The van der Waals surface area contributed by atoms with Crippen LogP contribution >= 0.6 is 24.0 Å². The molecule has 0 heterocycles. The van der Waals surface area contributed by atoms with Gasteiger partial charge < -0.3 is 15.5 Å². The summed E-state index contributed by atoms with van der Waals surface area (Å²) in [6.07, 6.45) is 1.38. The second-order valence-corrected chi connectivity index (χ2v) is 5.62. The number of aryl methyl sites for hydroxylation is 1. The van der Waals surface area contributed by atoms with E-state index in [-0.39, 0.29) is 29.9 Å². The van der Waals surface area contributed by atoms with E-state index in [2.05, 4.69) is 45.6 Å². The number of amides is 1. The van der Waals surface area contributed by atoms with Crippen LogP contribution in [0.4, 0.5) is 0 Å². The fourth-order valence-electron chi connectivity index (χ4n) is 2.20. The molecule has 0 bridgehead atoms. The van der Waals surface area contributed by atoms with E-state index in [4.69, 9.17) is 0 Å². The third-order valence-corrected chi connectivity index (χ3v) is 3.54. The molecule has 5 nitrogen and oxygen atoms in total. The lowest BCUT2D eigenvalue weighted by Crippen LogP contribution is -2.39. The SMILES string of the molecule is CCCNC(=O)CCN=C(NCC)N(C)Cc1ccccc1C.I. The fraction of sp³-hybridized carbons (Fsp3) is 0.556. The molecule has 1 aromatic carbocycles. The number of aliphatic imine (C=N–C) groups is 1. The summed E-state index contributed by atoms with van der Waals surface area (Å²) in [5.74, 6) is 0.895. The zero-order valence-corrected chi connectivity index (χ0v) is 17.6. The number of carbonyl (C=O) groups is 1. The summed E-state index contributed by atoms with van der Waals surface area (Å²) in [5, 5.41) is 6.16. The van der Waals surface area contributed by atoms with Gasteiger partial charge in [0.15, 0.2) is 5.96 Å². The summed E-state index contributed by atoms with van der Waals surface area (Å²) >= 11 is 0. The zero-order chi connectivity index (χ0) is 17.1. The van der Waals surface area contributed by atoms with Gasteiger partial charge in [0.25, 0.3) is 0 Å². The molecule has 0 radical (unpaired) electrons. The first-order chi connectivity index (χ1) is 11.1. The number of rotatable bonds is 8. The molecular formula is C18H31IN4O. The molecule has 0 aromatic heterocycles. The Kier molecular flexibility index (Phi) is 12.3. The normalized spacial score (nSPS) is 10.8. The quantitative estimate of drug-likeness (QED) is 0.367. The molecular weight excluding hydrogens is 415 g/mol. The lowest BCUT2D eigenvalue weighted by Gasteiger charge is -2.23. The van der Waals surface area contributed by atoms with Crippen LogP contribution in [0.3, 0.4) is 0 Å². The summed E-state index contributed by atoms with van der Waals surface area (Å²) in [6, 6.07) is 8.35. The van der Waals surface area contributed by atoms with Gasteiger partial charge in [-0.05, 0) is 31.4 Å². The predicted octanol–water partition coefficient (Wildman–Crippen LogP) is 2.93. The Morgan fingerprint density at radius 3 is 2.54 bits per heavy atom. The molecule has 0 saturated carbocycles. The van der Waals surface area contributed by atoms with Crippen molar-refractivity contribution >= 4 is 35.8 Å². The number of hydrogen-bond donors (Lipinski definition) is 2. The van der Waals surface area contributed by atoms with E-state index in [0.29, 0.717) is 13.0 Å². The third kappa shape index (κ3) is 8.52. The lowest BCUT2D eigenvalue weighted by molar-refractivity contribution is -0.120.